The van der Waals surface area contributed by atoms with Crippen LogP contribution in [0.15, 0.2) is 124 Å². The number of rotatable bonds is 4. The third kappa shape index (κ3) is 5.64. The van der Waals surface area contributed by atoms with Gasteiger partial charge in [-0.1, -0.05) is 67.3 Å². The standard InChI is InChI=1S/C45H31Br2F3N4/c1-24-17-26(3)42-36(19-24)37-20-25(2)18-27(4)43(37)54(42)33-11-5-28(6-12-33)41-38(45(48,49)50)23-51-44(52-41)29-7-13-32(14-8-29)53-39-15-9-30(46)21-34(39)35-22-31(47)10-16-40(35)53/h5-23H,1-4H3. The van der Waals surface area contributed by atoms with Gasteiger partial charge in [0.2, 0.25) is 0 Å². The van der Waals surface area contributed by atoms with Gasteiger partial charge >= 0.3 is 6.18 Å². The van der Waals surface area contributed by atoms with E-state index in [1.807, 2.05) is 48.5 Å². The Morgan fingerprint density at radius 2 is 1.02 bits per heavy atom. The topological polar surface area (TPSA) is 35.6 Å². The van der Waals surface area contributed by atoms with Crippen molar-refractivity contribution in [2.45, 2.75) is 33.9 Å². The van der Waals surface area contributed by atoms with Crippen LogP contribution in [0.2, 0.25) is 0 Å². The molecule has 0 saturated heterocycles. The summed E-state index contributed by atoms with van der Waals surface area (Å²) in [7, 11) is 0. The summed E-state index contributed by atoms with van der Waals surface area (Å²) in [6.45, 7) is 8.40. The Hall–Kier alpha value is -5.25. The van der Waals surface area contributed by atoms with Crippen molar-refractivity contribution < 1.29 is 13.2 Å². The first kappa shape index (κ1) is 34.5. The van der Waals surface area contributed by atoms with E-state index in [1.165, 1.54) is 11.1 Å². The highest BCUT2D eigenvalue weighted by molar-refractivity contribution is 9.10. The Morgan fingerprint density at radius 3 is 1.52 bits per heavy atom. The van der Waals surface area contributed by atoms with Crippen molar-refractivity contribution in [2.24, 2.45) is 0 Å². The second kappa shape index (κ2) is 12.7. The smallest absolute Gasteiger partial charge is 0.309 e. The van der Waals surface area contributed by atoms with Gasteiger partial charge < -0.3 is 9.13 Å². The van der Waals surface area contributed by atoms with Crippen LogP contribution in [0.1, 0.15) is 27.8 Å². The van der Waals surface area contributed by atoms with E-state index in [-0.39, 0.29) is 11.5 Å². The van der Waals surface area contributed by atoms with Gasteiger partial charge in [0, 0.05) is 59.2 Å². The first-order valence-electron chi connectivity index (χ1n) is 17.4. The van der Waals surface area contributed by atoms with Crippen LogP contribution in [-0.4, -0.2) is 19.1 Å². The van der Waals surface area contributed by atoms with E-state index in [0.29, 0.717) is 11.1 Å². The molecule has 0 amide bonds. The third-order valence-corrected chi connectivity index (χ3v) is 11.2. The molecule has 0 aliphatic rings. The minimum absolute atomic E-state index is 0.164. The zero-order chi connectivity index (χ0) is 37.6. The van der Waals surface area contributed by atoms with Crippen LogP contribution in [0.4, 0.5) is 13.2 Å². The number of benzene rings is 6. The van der Waals surface area contributed by atoms with Gasteiger partial charge in [0.05, 0.1) is 27.8 Å². The maximum Gasteiger partial charge on any atom is 0.419 e. The average molecular weight is 845 g/mol. The lowest BCUT2D eigenvalue weighted by atomic mass is 10.0. The number of fused-ring (bicyclic) bond motifs is 6. The fourth-order valence-corrected chi connectivity index (χ4v) is 8.74. The van der Waals surface area contributed by atoms with Gasteiger partial charge in [-0.3, -0.25) is 0 Å². The normalized spacial score (nSPS) is 12.2. The zero-order valence-corrected chi connectivity index (χ0v) is 32.8. The minimum Gasteiger partial charge on any atom is -0.309 e. The molecule has 0 bridgehead atoms. The SMILES string of the molecule is Cc1cc(C)c2c(c1)c1cc(C)cc(C)c1n2-c1ccc(-c2nc(-c3ccc(-n4c5ccc(Br)cc5c5cc(Br)ccc54)cc3)ncc2C(F)(F)F)cc1. The molecule has 6 aromatic carbocycles. The molecule has 0 N–H and O–H groups in total. The lowest BCUT2D eigenvalue weighted by Crippen LogP contribution is -2.10. The Balaban J connectivity index is 1.14. The predicted molar refractivity (Wildman–Crippen MR) is 221 cm³/mol. The Kier molecular flexibility index (Phi) is 8.10. The van der Waals surface area contributed by atoms with Crippen molar-refractivity contribution >= 4 is 75.5 Å². The highest BCUT2D eigenvalue weighted by atomic mass is 79.9. The lowest BCUT2D eigenvalue weighted by molar-refractivity contribution is -0.137. The number of aryl methyl sites for hydroxylation is 4. The summed E-state index contributed by atoms with van der Waals surface area (Å²) in [6, 6.07) is 36.0. The molecule has 0 aliphatic carbocycles. The number of hydrogen-bond donors (Lipinski definition) is 0. The summed E-state index contributed by atoms with van der Waals surface area (Å²) in [5.74, 6) is 0.211. The number of alkyl halides is 3. The molecule has 9 aromatic rings. The maximum absolute atomic E-state index is 14.5. The van der Waals surface area contributed by atoms with Crippen molar-refractivity contribution in [3.05, 3.63) is 152 Å². The Morgan fingerprint density at radius 1 is 0.537 bits per heavy atom. The van der Waals surface area contributed by atoms with Gasteiger partial charge in [0.15, 0.2) is 5.82 Å². The average Bonchev–Trinajstić information content (AvgIpc) is 3.63. The van der Waals surface area contributed by atoms with Gasteiger partial charge in [-0.2, -0.15) is 13.2 Å². The summed E-state index contributed by atoms with van der Waals surface area (Å²) >= 11 is 7.22. The predicted octanol–water partition coefficient (Wildman–Crippen LogP) is 13.8. The monoisotopic (exact) mass is 842 g/mol. The summed E-state index contributed by atoms with van der Waals surface area (Å²) in [5, 5.41) is 4.51. The van der Waals surface area contributed by atoms with E-state index in [9.17, 15) is 13.2 Å². The van der Waals surface area contributed by atoms with E-state index in [4.69, 9.17) is 0 Å². The molecular weight excluding hydrogens is 813 g/mol. The molecule has 0 aliphatic heterocycles. The van der Waals surface area contributed by atoms with E-state index < -0.39 is 11.7 Å². The molecule has 0 spiro atoms. The van der Waals surface area contributed by atoms with E-state index in [1.54, 1.807) is 12.1 Å². The van der Waals surface area contributed by atoms with E-state index in [0.717, 1.165) is 81.3 Å². The van der Waals surface area contributed by atoms with Crippen molar-refractivity contribution in [2.75, 3.05) is 0 Å². The summed E-state index contributed by atoms with van der Waals surface area (Å²) in [6.07, 6.45) is -3.75. The summed E-state index contributed by atoms with van der Waals surface area (Å²) < 4.78 is 49.9. The molecule has 0 saturated carbocycles. The Labute approximate surface area is 326 Å². The van der Waals surface area contributed by atoms with Crippen LogP contribution in [0.5, 0.6) is 0 Å². The van der Waals surface area contributed by atoms with E-state index >= 15 is 0 Å². The van der Waals surface area contributed by atoms with Crippen molar-refractivity contribution in [3.8, 4) is 34.0 Å². The third-order valence-electron chi connectivity index (χ3n) is 10.2. The van der Waals surface area contributed by atoms with E-state index in [2.05, 4.69) is 127 Å². The zero-order valence-electron chi connectivity index (χ0n) is 29.6. The molecule has 0 atom stereocenters. The second-order valence-electron chi connectivity index (χ2n) is 14.0. The first-order chi connectivity index (χ1) is 25.9. The second-order valence-corrected chi connectivity index (χ2v) is 15.8. The molecule has 9 rings (SSSR count). The van der Waals surface area contributed by atoms with Crippen LogP contribution in [0.3, 0.4) is 0 Å². The number of hydrogen-bond acceptors (Lipinski definition) is 2. The Bertz CT molecular complexity index is 2850. The molecule has 0 fully saturated rings. The molecule has 54 heavy (non-hydrogen) atoms. The lowest BCUT2D eigenvalue weighted by Gasteiger charge is -2.15. The van der Waals surface area contributed by atoms with Crippen molar-refractivity contribution in [1.82, 2.24) is 19.1 Å². The molecule has 0 radical (unpaired) electrons. The van der Waals surface area contributed by atoms with Gasteiger partial charge in [-0.15, -0.1) is 0 Å². The fourth-order valence-electron chi connectivity index (χ4n) is 8.02. The highest BCUT2D eigenvalue weighted by Gasteiger charge is 2.35. The number of halogens is 5. The molecular formula is C45H31Br2F3N4. The maximum atomic E-state index is 14.5. The first-order valence-corrected chi connectivity index (χ1v) is 19.0. The van der Waals surface area contributed by atoms with Crippen LogP contribution in [0.25, 0.3) is 77.6 Å². The van der Waals surface area contributed by atoms with Crippen LogP contribution in [-0.2, 0) is 6.18 Å². The molecule has 4 nitrogen and oxygen atoms in total. The van der Waals surface area contributed by atoms with Crippen LogP contribution in [0, 0.1) is 27.7 Å². The van der Waals surface area contributed by atoms with Crippen molar-refractivity contribution in [1.29, 1.82) is 0 Å². The molecule has 0 unspecified atom stereocenters. The minimum atomic E-state index is -4.65. The molecule has 9 heteroatoms. The van der Waals surface area contributed by atoms with Crippen molar-refractivity contribution in [3.63, 3.8) is 0 Å². The summed E-state index contributed by atoms with van der Waals surface area (Å²) in [5.41, 5.74) is 10.5. The van der Waals surface area contributed by atoms with Gasteiger partial charge in [0.1, 0.15) is 5.56 Å². The number of nitrogens with zero attached hydrogens (tertiary/aromatic N) is 4. The van der Waals surface area contributed by atoms with Gasteiger partial charge in [0.25, 0.3) is 0 Å². The van der Waals surface area contributed by atoms with Crippen LogP contribution >= 0.6 is 31.9 Å². The quantitative estimate of drug-likeness (QED) is 0.177. The highest BCUT2D eigenvalue weighted by Crippen LogP contribution is 2.40. The fraction of sp³-hybridized carbons (Fsp3) is 0.111. The molecule has 3 aromatic heterocycles. The number of aromatic nitrogens is 4. The summed E-state index contributed by atoms with van der Waals surface area (Å²) in [4.78, 5) is 8.80. The van der Waals surface area contributed by atoms with Gasteiger partial charge in [-0.25, -0.2) is 9.97 Å². The van der Waals surface area contributed by atoms with Crippen LogP contribution < -0.4 is 0 Å². The van der Waals surface area contributed by atoms with Gasteiger partial charge in [-0.05, 0) is 124 Å². The molecule has 3 heterocycles. The largest absolute Gasteiger partial charge is 0.419 e. The molecule has 266 valence electrons.